The van der Waals surface area contributed by atoms with Crippen LogP contribution in [0.25, 0.3) is 0 Å². The molecule has 0 saturated carbocycles. The molecule has 3 rings (SSSR count). The first-order valence-electron chi connectivity index (χ1n) is 6.53. The van der Waals surface area contributed by atoms with Crippen LogP contribution < -0.4 is 0 Å². The van der Waals surface area contributed by atoms with Gasteiger partial charge in [-0.25, -0.2) is 4.68 Å². The summed E-state index contributed by atoms with van der Waals surface area (Å²) in [6, 6.07) is 10.2. The molecule has 1 aliphatic rings. The molecule has 1 aromatic carbocycles. The number of likely N-dealkylation sites (tertiary alicyclic amines) is 1. The van der Waals surface area contributed by atoms with Crippen molar-refractivity contribution in [1.29, 1.82) is 0 Å². The smallest absolute Gasteiger partial charge is 0.0897 e. The van der Waals surface area contributed by atoms with E-state index in [2.05, 4.69) is 27.3 Å². The van der Waals surface area contributed by atoms with E-state index >= 15 is 0 Å². The Kier molecular flexibility index (Phi) is 3.31. The average molecular weight is 258 g/mol. The number of aliphatic hydroxyl groups is 1. The zero-order valence-corrected chi connectivity index (χ0v) is 11.0. The third kappa shape index (κ3) is 2.67. The normalized spacial score (nSPS) is 23.9. The Morgan fingerprint density at radius 3 is 2.74 bits per heavy atom. The molecule has 0 amide bonds. The van der Waals surface area contributed by atoms with Crippen LogP contribution in [-0.2, 0) is 6.54 Å². The van der Waals surface area contributed by atoms with E-state index in [9.17, 15) is 5.11 Å². The fourth-order valence-corrected chi connectivity index (χ4v) is 2.60. The number of β-amino-alcohol motifs (C(OH)–C–C–N with tert-alkyl or cyclic N) is 1. The van der Waals surface area contributed by atoms with Gasteiger partial charge in [-0.1, -0.05) is 35.5 Å². The largest absolute Gasteiger partial charge is 0.391 e. The maximum atomic E-state index is 9.99. The predicted molar refractivity (Wildman–Crippen MR) is 71.8 cm³/mol. The van der Waals surface area contributed by atoms with E-state index in [0.717, 1.165) is 12.2 Å². The van der Waals surface area contributed by atoms with Crippen LogP contribution in [0.4, 0.5) is 0 Å². The van der Waals surface area contributed by atoms with Gasteiger partial charge in [0.25, 0.3) is 0 Å². The van der Waals surface area contributed by atoms with Crippen LogP contribution in [0.1, 0.15) is 17.2 Å². The minimum absolute atomic E-state index is 0.0783. The molecule has 1 aromatic heterocycles. The highest BCUT2D eigenvalue weighted by atomic mass is 16.3. The first-order valence-corrected chi connectivity index (χ1v) is 6.53. The molecule has 1 aliphatic heterocycles. The number of aromatic nitrogens is 3. The summed E-state index contributed by atoms with van der Waals surface area (Å²) in [5.74, 6) is 0.0783. The number of likely N-dealkylation sites (N-methyl/N-ethyl adjacent to an activating group) is 1. The number of rotatable bonds is 3. The molecule has 5 nitrogen and oxygen atoms in total. The third-order valence-electron chi connectivity index (χ3n) is 3.60. The highest BCUT2D eigenvalue weighted by Crippen LogP contribution is 2.24. The molecule has 19 heavy (non-hydrogen) atoms. The zero-order valence-electron chi connectivity index (χ0n) is 11.0. The Balaban J connectivity index is 1.73. The van der Waals surface area contributed by atoms with Crippen molar-refractivity contribution in [3.05, 3.63) is 47.8 Å². The van der Waals surface area contributed by atoms with E-state index in [-0.39, 0.29) is 12.0 Å². The molecule has 5 heteroatoms. The Morgan fingerprint density at radius 1 is 1.26 bits per heavy atom. The second kappa shape index (κ2) is 5.11. The predicted octanol–water partition coefficient (Wildman–Crippen LogP) is 0.716. The lowest BCUT2D eigenvalue weighted by molar-refractivity contribution is 0.167. The van der Waals surface area contributed by atoms with E-state index in [1.54, 1.807) is 0 Å². The highest BCUT2D eigenvalue weighted by Gasteiger charge is 2.32. The van der Waals surface area contributed by atoms with Gasteiger partial charge in [-0.3, -0.25) is 0 Å². The third-order valence-corrected chi connectivity index (χ3v) is 3.60. The van der Waals surface area contributed by atoms with Crippen molar-refractivity contribution >= 4 is 0 Å². The summed E-state index contributed by atoms with van der Waals surface area (Å²) in [5, 5.41) is 18.4. The topological polar surface area (TPSA) is 54.2 Å². The van der Waals surface area contributed by atoms with E-state index in [4.69, 9.17) is 0 Å². The lowest BCUT2D eigenvalue weighted by Gasteiger charge is -2.08. The summed E-state index contributed by atoms with van der Waals surface area (Å²) in [6.45, 7) is 2.26. The van der Waals surface area contributed by atoms with Crippen molar-refractivity contribution in [2.45, 2.75) is 18.6 Å². The maximum absolute atomic E-state index is 9.99. The molecular formula is C14H18N4O. The molecule has 0 bridgehead atoms. The van der Waals surface area contributed by atoms with Gasteiger partial charge in [0.2, 0.25) is 0 Å². The van der Waals surface area contributed by atoms with Crippen LogP contribution in [0.2, 0.25) is 0 Å². The van der Waals surface area contributed by atoms with Gasteiger partial charge >= 0.3 is 0 Å². The maximum Gasteiger partial charge on any atom is 0.0897 e. The summed E-state index contributed by atoms with van der Waals surface area (Å²) >= 11 is 0. The van der Waals surface area contributed by atoms with Crippen LogP contribution in [0.5, 0.6) is 0 Å². The molecule has 0 radical (unpaired) electrons. The quantitative estimate of drug-likeness (QED) is 0.881. The van der Waals surface area contributed by atoms with Crippen molar-refractivity contribution in [2.75, 3.05) is 20.1 Å². The molecule has 2 aromatic rings. The van der Waals surface area contributed by atoms with Gasteiger partial charge in [0.05, 0.1) is 18.3 Å². The fourth-order valence-electron chi connectivity index (χ4n) is 2.60. The van der Waals surface area contributed by atoms with Crippen molar-refractivity contribution in [3.8, 4) is 0 Å². The molecule has 0 spiro atoms. The summed E-state index contributed by atoms with van der Waals surface area (Å²) in [4.78, 5) is 2.12. The molecule has 1 saturated heterocycles. The van der Waals surface area contributed by atoms with E-state index in [1.165, 1.54) is 5.56 Å². The minimum atomic E-state index is -0.341. The van der Waals surface area contributed by atoms with Gasteiger partial charge < -0.3 is 10.0 Å². The van der Waals surface area contributed by atoms with Gasteiger partial charge in [-0.05, 0) is 12.6 Å². The van der Waals surface area contributed by atoms with Crippen molar-refractivity contribution in [1.82, 2.24) is 19.9 Å². The van der Waals surface area contributed by atoms with Gasteiger partial charge in [-0.15, -0.1) is 5.10 Å². The zero-order chi connectivity index (χ0) is 13.2. The number of hydrogen-bond donors (Lipinski definition) is 1. The van der Waals surface area contributed by atoms with Gasteiger partial charge in [0.1, 0.15) is 0 Å². The standard InChI is InChI=1S/C14H18N4O/c1-17-8-12(14(19)10-17)13-9-18(16-15-13)7-11-5-3-2-4-6-11/h2-6,9,12,14,19H,7-8,10H2,1H3/t12-,14+/m1/s1. The summed E-state index contributed by atoms with van der Waals surface area (Å²) < 4.78 is 1.83. The molecule has 1 fully saturated rings. The minimum Gasteiger partial charge on any atom is -0.391 e. The number of benzene rings is 1. The molecular weight excluding hydrogens is 240 g/mol. The Hall–Kier alpha value is -1.72. The van der Waals surface area contributed by atoms with Crippen molar-refractivity contribution in [3.63, 3.8) is 0 Å². The average Bonchev–Trinajstić information content (AvgIpc) is 2.97. The number of aliphatic hydroxyl groups excluding tert-OH is 1. The van der Waals surface area contributed by atoms with Crippen LogP contribution in [0, 0.1) is 0 Å². The highest BCUT2D eigenvalue weighted by molar-refractivity contribution is 5.16. The lowest BCUT2D eigenvalue weighted by Crippen LogP contribution is -2.17. The number of nitrogens with zero attached hydrogens (tertiary/aromatic N) is 4. The monoisotopic (exact) mass is 258 g/mol. The summed E-state index contributed by atoms with van der Waals surface area (Å²) in [6.07, 6.45) is 1.60. The molecule has 2 heterocycles. The van der Waals surface area contributed by atoms with Gasteiger partial charge in [0, 0.05) is 25.2 Å². The SMILES string of the molecule is CN1C[C@H](c2cn(Cc3ccccc3)nn2)[C@@H](O)C1. The van der Waals surface area contributed by atoms with Crippen LogP contribution in [0.3, 0.4) is 0 Å². The van der Waals surface area contributed by atoms with Gasteiger partial charge in [0.15, 0.2) is 0 Å². The second-order valence-electron chi connectivity index (χ2n) is 5.22. The van der Waals surface area contributed by atoms with Crippen molar-refractivity contribution < 1.29 is 5.11 Å². The van der Waals surface area contributed by atoms with Crippen LogP contribution >= 0.6 is 0 Å². The Morgan fingerprint density at radius 2 is 2.05 bits per heavy atom. The Labute approximate surface area is 112 Å². The van der Waals surface area contributed by atoms with E-state index in [1.807, 2.05) is 36.1 Å². The first kappa shape index (κ1) is 12.3. The molecule has 0 aliphatic carbocycles. The van der Waals surface area contributed by atoms with Gasteiger partial charge in [-0.2, -0.15) is 0 Å². The summed E-state index contributed by atoms with van der Waals surface area (Å²) in [5.41, 5.74) is 2.08. The molecule has 0 unspecified atom stereocenters. The number of hydrogen-bond acceptors (Lipinski definition) is 4. The lowest BCUT2D eigenvalue weighted by atomic mass is 10.0. The van der Waals surface area contributed by atoms with Crippen LogP contribution in [0.15, 0.2) is 36.5 Å². The van der Waals surface area contributed by atoms with E-state index < -0.39 is 0 Å². The summed E-state index contributed by atoms with van der Waals surface area (Å²) in [7, 11) is 2.01. The van der Waals surface area contributed by atoms with Crippen molar-refractivity contribution in [2.24, 2.45) is 0 Å². The Bertz CT molecular complexity index is 539. The molecule has 100 valence electrons. The van der Waals surface area contributed by atoms with Crippen LogP contribution in [-0.4, -0.2) is 51.2 Å². The first-order chi connectivity index (χ1) is 9.22. The molecule has 1 N–H and O–H groups in total. The van der Waals surface area contributed by atoms with E-state index in [0.29, 0.717) is 13.1 Å². The molecule has 2 atom stereocenters. The second-order valence-corrected chi connectivity index (χ2v) is 5.22. The fraction of sp³-hybridized carbons (Fsp3) is 0.429.